The van der Waals surface area contributed by atoms with E-state index in [1.54, 1.807) is 0 Å². The van der Waals surface area contributed by atoms with E-state index < -0.39 is 0 Å². The van der Waals surface area contributed by atoms with Gasteiger partial charge in [0, 0.05) is 24.7 Å². The van der Waals surface area contributed by atoms with Crippen LogP contribution in [-0.4, -0.2) is 29.6 Å². The van der Waals surface area contributed by atoms with Crippen LogP contribution in [0.4, 0.5) is 0 Å². The minimum Gasteiger partial charge on any atom is -0.329 e. The van der Waals surface area contributed by atoms with E-state index in [4.69, 9.17) is 5.73 Å². The fourth-order valence-corrected chi connectivity index (χ4v) is 5.23. The second-order valence-electron chi connectivity index (χ2n) is 8.39. The monoisotopic (exact) mass is 294 g/mol. The molecule has 2 saturated carbocycles. The number of hydrogen-bond acceptors (Lipinski definition) is 2. The average Bonchev–Trinajstić information content (AvgIpc) is 2.98. The van der Waals surface area contributed by atoms with E-state index in [9.17, 15) is 0 Å². The average molecular weight is 295 g/mol. The molecule has 2 N–H and O–H groups in total. The van der Waals surface area contributed by atoms with Crippen molar-refractivity contribution in [3.8, 4) is 0 Å². The zero-order valence-electron chi connectivity index (χ0n) is 14.9. The summed E-state index contributed by atoms with van der Waals surface area (Å²) in [4.78, 5) is 2.91. The van der Waals surface area contributed by atoms with Gasteiger partial charge in [-0.05, 0) is 43.4 Å². The maximum atomic E-state index is 6.47. The number of nitrogens with two attached hydrogens (primary N) is 1. The predicted molar refractivity (Wildman–Crippen MR) is 92.4 cm³/mol. The molecule has 0 radical (unpaired) electrons. The van der Waals surface area contributed by atoms with E-state index >= 15 is 0 Å². The molecule has 0 aliphatic heterocycles. The highest BCUT2D eigenvalue weighted by molar-refractivity contribution is 5.03. The van der Waals surface area contributed by atoms with Crippen molar-refractivity contribution in [3.05, 3.63) is 0 Å². The lowest BCUT2D eigenvalue weighted by Gasteiger charge is -2.55. The Morgan fingerprint density at radius 2 is 1.62 bits per heavy atom. The van der Waals surface area contributed by atoms with Gasteiger partial charge in [-0.2, -0.15) is 0 Å². The molecule has 2 aliphatic rings. The molecule has 2 aliphatic carbocycles. The van der Waals surface area contributed by atoms with Crippen LogP contribution in [0.15, 0.2) is 0 Å². The Hall–Kier alpha value is -0.0800. The molecule has 0 aromatic heterocycles. The Balaban J connectivity index is 2.30. The summed E-state index contributed by atoms with van der Waals surface area (Å²) < 4.78 is 0. The number of hydrogen-bond donors (Lipinski definition) is 1. The summed E-state index contributed by atoms with van der Waals surface area (Å²) in [6.45, 7) is 11.7. The maximum Gasteiger partial charge on any atom is 0.0365 e. The molecule has 124 valence electrons. The normalized spacial score (nSPS) is 31.7. The van der Waals surface area contributed by atoms with Crippen molar-refractivity contribution in [1.82, 2.24) is 4.90 Å². The first-order valence-electron chi connectivity index (χ1n) is 9.48. The molecular weight excluding hydrogens is 256 g/mol. The lowest BCUT2D eigenvalue weighted by molar-refractivity contribution is -0.0460. The van der Waals surface area contributed by atoms with Crippen LogP contribution in [0.2, 0.25) is 0 Å². The Morgan fingerprint density at radius 1 is 1.00 bits per heavy atom. The molecule has 2 rings (SSSR count). The van der Waals surface area contributed by atoms with Gasteiger partial charge in [-0.25, -0.2) is 0 Å². The van der Waals surface area contributed by atoms with Gasteiger partial charge in [0.25, 0.3) is 0 Å². The van der Waals surface area contributed by atoms with Gasteiger partial charge in [0.05, 0.1) is 0 Å². The SMILES string of the molecule is CC(C)CN(C1CCCC1)C1(CN)CCCCC1C(C)C. The third kappa shape index (κ3) is 3.64. The van der Waals surface area contributed by atoms with Gasteiger partial charge in [0.2, 0.25) is 0 Å². The van der Waals surface area contributed by atoms with Crippen molar-refractivity contribution in [3.63, 3.8) is 0 Å². The van der Waals surface area contributed by atoms with Crippen LogP contribution in [0.5, 0.6) is 0 Å². The lowest BCUT2D eigenvalue weighted by atomic mass is 9.66. The highest BCUT2D eigenvalue weighted by Crippen LogP contribution is 2.45. The third-order valence-corrected chi connectivity index (χ3v) is 6.12. The smallest absolute Gasteiger partial charge is 0.0365 e. The van der Waals surface area contributed by atoms with E-state index in [0.29, 0.717) is 0 Å². The summed E-state index contributed by atoms with van der Waals surface area (Å²) >= 11 is 0. The molecule has 2 heteroatoms. The largest absolute Gasteiger partial charge is 0.329 e. The fourth-order valence-electron chi connectivity index (χ4n) is 5.23. The second kappa shape index (κ2) is 7.46. The Labute approximate surface area is 132 Å². The third-order valence-electron chi connectivity index (χ3n) is 6.12. The van der Waals surface area contributed by atoms with Gasteiger partial charge in [0.1, 0.15) is 0 Å². The van der Waals surface area contributed by atoms with Gasteiger partial charge < -0.3 is 5.73 Å². The Bertz CT molecular complexity index is 307. The van der Waals surface area contributed by atoms with Crippen LogP contribution < -0.4 is 5.73 Å². The van der Waals surface area contributed by atoms with Gasteiger partial charge in [-0.3, -0.25) is 4.90 Å². The molecule has 2 nitrogen and oxygen atoms in total. The Kier molecular flexibility index (Phi) is 6.14. The van der Waals surface area contributed by atoms with Crippen molar-refractivity contribution >= 4 is 0 Å². The van der Waals surface area contributed by atoms with Crippen molar-refractivity contribution in [1.29, 1.82) is 0 Å². The highest BCUT2D eigenvalue weighted by atomic mass is 15.2. The zero-order valence-corrected chi connectivity index (χ0v) is 14.9. The van der Waals surface area contributed by atoms with Crippen LogP contribution >= 0.6 is 0 Å². The van der Waals surface area contributed by atoms with Crippen molar-refractivity contribution in [2.75, 3.05) is 13.1 Å². The summed E-state index contributed by atoms with van der Waals surface area (Å²) in [6.07, 6.45) is 11.1. The van der Waals surface area contributed by atoms with Crippen LogP contribution in [0.1, 0.15) is 79.1 Å². The molecule has 0 aromatic carbocycles. The van der Waals surface area contributed by atoms with Crippen LogP contribution in [-0.2, 0) is 0 Å². The van der Waals surface area contributed by atoms with Gasteiger partial charge in [-0.15, -0.1) is 0 Å². The quantitative estimate of drug-likeness (QED) is 0.785. The number of nitrogens with zero attached hydrogens (tertiary/aromatic N) is 1. The first-order chi connectivity index (χ1) is 10.0. The topological polar surface area (TPSA) is 29.3 Å². The summed E-state index contributed by atoms with van der Waals surface area (Å²) in [5.41, 5.74) is 6.75. The number of rotatable bonds is 6. The van der Waals surface area contributed by atoms with E-state index in [0.717, 1.165) is 30.3 Å². The minimum absolute atomic E-state index is 0.283. The summed E-state index contributed by atoms with van der Waals surface area (Å²) in [7, 11) is 0. The van der Waals surface area contributed by atoms with Crippen LogP contribution in [0.25, 0.3) is 0 Å². The first kappa shape index (κ1) is 17.3. The molecular formula is C19H38N2. The fraction of sp³-hybridized carbons (Fsp3) is 1.00. The summed E-state index contributed by atoms with van der Waals surface area (Å²) in [5.74, 6) is 2.28. The van der Waals surface area contributed by atoms with E-state index in [1.807, 2.05) is 0 Å². The van der Waals surface area contributed by atoms with Gasteiger partial charge >= 0.3 is 0 Å². The van der Waals surface area contributed by atoms with Crippen molar-refractivity contribution in [2.45, 2.75) is 90.6 Å². The predicted octanol–water partition coefficient (Wildman–Crippen LogP) is 4.43. The molecule has 2 unspecified atom stereocenters. The highest BCUT2D eigenvalue weighted by Gasteiger charge is 2.47. The van der Waals surface area contributed by atoms with Crippen molar-refractivity contribution < 1.29 is 0 Å². The van der Waals surface area contributed by atoms with Crippen LogP contribution in [0.3, 0.4) is 0 Å². The molecule has 2 fully saturated rings. The molecule has 0 saturated heterocycles. The maximum absolute atomic E-state index is 6.47. The molecule has 0 aromatic rings. The summed E-state index contributed by atoms with van der Waals surface area (Å²) in [6, 6.07) is 0.801. The minimum atomic E-state index is 0.283. The van der Waals surface area contributed by atoms with E-state index in [-0.39, 0.29) is 5.54 Å². The Morgan fingerprint density at radius 3 is 2.14 bits per heavy atom. The zero-order chi connectivity index (χ0) is 15.5. The van der Waals surface area contributed by atoms with E-state index in [1.165, 1.54) is 57.9 Å². The van der Waals surface area contributed by atoms with Crippen molar-refractivity contribution in [2.24, 2.45) is 23.5 Å². The molecule has 0 bridgehead atoms. The molecule has 2 atom stereocenters. The second-order valence-corrected chi connectivity index (χ2v) is 8.39. The van der Waals surface area contributed by atoms with Crippen LogP contribution in [0, 0.1) is 17.8 Å². The molecule has 0 heterocycles. The lowest BCUT2D eigenvalue weighted by Crippen LogP contribution is -2.64. The molecule has 0 spiro atoms. The summed E-state index contributed by atoms with van der Waals surface area (Å²) in [5, 5.41) is 0. The standard InChI is InChI=1S/C19H38N2/c1-15(2)13-21(17-9-5-6-10-17)19(14-20)12-8-7-11-18(19)16(3)4/h15-18H,5-14,20H2,1-4H3. The van der Waals surface area contributed by atoms with Gasteiger partial charge in [-0.1, -0.05) is 53.4 Å². The molecule has 21 heavy (non-hydrogen) atoms. The van der Waals surface area contributed by atoms with Gasteiger partial charge in [0.15, 0.2) is 0 Å². The molecule has 0 amide bonds. The van der Waals surface area contributed by atoms with E-state index in [2.05, 4.69) is 32.6 Å². The first-order valence-corrected chi connectivity index (χ1v) is 9.48.